The predicted molar refractivity (Wildman–Crippen MR) is 51.9 cm³/mol. The maximum Gasteiger partial charge on any atom is 0.291 e. The summed E-state index contributed by atoms with van der Waals surface area (Å²) in [5.74, 6) is -2.80. The van der Waals surface area contributed by atoms with Gasteiger partial charge in [0.25, 0.3) is 11.4 Å². The Bertz CT molecular complexity index is 578. The fraction of sp³-hybridized carbons (Fsp3) is 0. The van der Waals surface area contributed by atoms with Crippen molar-refractivity contribution in [2.45, 2.75) is 0 Å². The number of benzene rings is 1. The molecule has 16 heavy (non-hydrogen) atoms. The van der Waals surface area contributed by atoms with Crippen LogP contribution in [0.15, 0.2) is 29.1 Å². The number of H-pyrrole nitrogens is 1. The molecule has 0 saturated carbocycles. The SMILES string of the molecule is O=c1[nH]c(-c2ccc(F)cc2)nc(O)c1F. The van der Waals surface area contributed by atoms with Crippen molar-refractivity contribution in [3.8, 4) is 17.3 Å². The zero-order valence-electron chi connectivity index (χ0n) is 7.87. The zero-order valence-corrected chi connectivity index (χ0v) is 7.87. The van der Waals surface area contributed by atoms with Gasteiger partial charge in [0.05, 0.1) is 0 Å². The largest absolute Gasteiger partial charge is 0.491 e. The van der Waals surface area contributed by atoms with Crippen molar-refractivity contribution in [1.82, 2.24) is 9.97 Å². The number of hydrogen-bond donors (Lipinski definition) is 2. The summed E-state index contributed by atoms with van der Waals surface area (Å²) in [7, 11) is 0. The van der Waals surface area contributed by atoms with Gasteiger partial charge in [0, 0.05) is 5.56 Å². The van der Waals surface area contributed by atoms with Crippen LogP contribution in [-0.2, 0) is 0 Å². The highest BCUT2D eigenvalue weighted by Gasteiger charge is 2.10. The van der Waals surface area contributed by atoms with Gasteiger partial charge < -0.3 is 10.1 Å². The average Bonchev–Trinajstić information content (AvgIpc) is 2.26. The Morgan fingerprint density at radius 1 is 1.19 bits per heavy atom. The van der Waals surface area contributed by atoms with Crippen LogP contribution in [0.4, 0.5) is 8.78 Å². The van der Waals surface area contributed by atoms with E-state index in [9.17, 15) is 13.6 Å². The standard InChI is InChI=1S/C10H6F2N2O2/c11-6-3-1-5(2-4-6)8-13-9(15)7(12)10(16)14-8/h1-4H,(H2,13,14,15,16). The molecule has 0 radical (unpaired) electrons. The van der Waals surface area contributed by atoms with Crippen molar-refractivity contribution in [1.29, 1.82) is 0 Å². The zero-order chi connectivity index (χ0) is 11.7. The molecule has 0 saturated heterocycles. The molecule has 0 spiro atoms. The summed E-state index contributed by atoms with van der Waals surface area (Å²) < 4.78 is 25.4. The molecule has 0 aliphatic heterocycles. The van der Waals surface area contributed by atoms with Crippen LogP contribution in [0, 0.1) is 11.6 Å². The fourth-order valence-corrected chi connectivity index (χ4v) is 1.19. The van der Waals surface area contributed by atoms with Gasteiger partial charge in [-0.2, -0.15) is 9.37 Å². The smallest absolute Gasteiger partial charge is 0.291 e. The number of halogens is 2. The predicted octanol–water partition coefficient (Wildman–Crippen LogP) is 1.42. The number of aromatic nitrogens is 2. The minimum Gasteiger partial charge on any atom is -0.491 e. The summed E-state index contributed by atoms with van der Waals surface area (Å²) >= 11 is 0. The molecule has 0 atom stereocenters. The lowest BCUT2D eigenvalue weighted by Gasteiger charge is -2.01. The Morgan fingerprint density at radius 3 is 2.38 bits per heavy atom. The molecular weight excluding hydrogens is 218 g/mol. The summed E-state index contributed by atoms with van der Waals surface area (Å²) in [5.41, 5.74) is -0.708. The number of aromatic amines is 1. The molecule has 0 fully saturated rings. The molecule has 1 aromatic heterocycles. The summed E-state index contributed by atoms with van der Waals surface area (Å²) in [5, 5.41) is 9.02. The van der Waals surface area contributed by atoms with Crippen molar-refractivity contribution in [3.05, 3.63) is 46.3 Å². The van der Waals surface area contributed by atoms with Gasteiger partial charge in [0.15, 0.2) is 0 Å². The third-order valence-corrected chi connectivity index (χ3v) is 1.96. The molecule has 2 N–H and O–H groups in total. The molecule has 2 rings (SSSR count). The molecule has 82 valence electrons. The van der Waals surface area contributed by atoms with Crippen molar-refractivity contribution >= 4 is 0 Å². The first kappa shape index (κ1) is 10.3. The molecule has 1 aromatic carbocycles. The van der Waals surface area contributed by atoms with E-state index in [-0.39, 0.29) is 5.82 Å². The highest BCUT2D eigenvalue weighted by molar-refractivity contribution is 5.54. The van der Waals surface area contributed by atoms with Crippen molar-refractivity contribution in [3.63, 3.8) is 0 Å². The average molecular weight is 224 g/mol. The Kier molecular flexibility index (Phi) is 2.40. The molecule has 6 heteroatoms. The van der Waals surface area contributed by atoms with E-state index in [2.05, 4.69) is 9.97 Å². The van der Waals surface area contributed by atoms with E-state index in [1.54, 1.807) is 0 Å². The van der Waals surface area contributed by atoms with Crippen LogP contribution in [0.1, 0.15) is 0 Å². The van der Waals surface area contributed by atoms with E-state index in [1.165, 1.54) is 12.1 Å². The maximum absolute atomic E-state index is 12.8. The molecule has 0 aliphatic rings. The molecular formula is C10H6F2N2O2. The van der Waals surface area contributed by atoms with Crippen LogP contribution >= 0.6 is 0 Å². The highest BCUT2D eigenvalue weighted by Crippen LogP contribution is 2.16. The number of nitrogens with one attached hydrogen (secondary N) is 1. The summed E-state index contributed by atoms with van der Waals surface area (Å²) in [6, 6.07) is 5.03. The van der Waals surface area contributed by atoms with Crippen molar-refractivity contribution in [2.75, 3.05) is 0 Å². The maximum atomic E-state index is 12.8. The van der Waals surface area contributed by atoms with Gasteiger partial charge in [-0.3, -0.25) is 4.79 Å². The lowest BCUT2D eigenvalue weighted by molar-refractivity contribution is 0.405. The van der Waals surface area contributed by atoms with Gasteiger partial charge in [0.2, 0.25) is 5.82 Å². The summed E-state index contributed by atoms with van der Waals surface area (Å²) in [6.45, 7) is 0. The first-order valence-corrected chi connectivity index (χ1v) is 4.32. The number of hydrogen-bond acceptors (Lipinski definition) is 3. The van der Waals surface area contributed by atoms with Gasteiger partial charge in [0.1, 0.15) is 11.6 Å². The monoisotopic (exact) mass is 224 g/mol. The van der Waals surface area contributed by atoms with Crippen LogP contribution in [0.3, 0.4) is 0 Å². The molecule has 0 unspecified atom stereocenters. The van der Waals surface area contributed by atoms with Gasteiger partial charge in [-0.25, -0.2) is 4.39 Å². The normalized spacial score (nSPS) is 10.4. The first-order valence-electron chi connectivity index (χ1n) is 4.32. The Hall–Kier alpha value is -2.24. The molecule has 0 aliphatic carbocycles. The van der Waals surface area contributed by atoms with Gasteiger partial charge in [-0.1, -0.05) is 0 Å². The first-order chi connectivity index (χ1) is 7.58. The van der Waals surface area contributed by atoms with Crippen LogP contribution in [-0.4, -0.2) is 15.1 Å². The van der Waals surface area contributed by atoms with Crippen LogP contribution in [0.5, 0.6) is 5.88 Å². The van der Waals surface area contributed by atoms with Crippen LogP contribution in [0.2, 0.25) is 0 Å². The van der Waals surface area contributed by atoms with Crippen molar-refractivity contribution < 1.29 is 13.9 Å². The molecule has 1 heterocycles. The quantitative estimate of drug-likeness (QED) is 0.769. The summed E-state index contributed by atoms with van der Waals surface area (Å²) in [6.07, 6.45) is 0. The lowest BCUT2D eigenvalue weighted by Crippen LogP contribution is -2.13. The summed E-state index contributed by atoms with van der Waals surface area (Å²) in [4.78, 5) is 16.6. The van der Waals surface area contributed by atoms with Gasteiger partial charge in [-0.05, 0) is 24.3 Å². The number of nitrogens with zero attached hydrogens (tertiary/aromatic N) is 1. The van der Waals surface area contributed by atoms with E-state index in [0.29, 0.717) is 5.56 Å². The third-order valence-electron chi connectivity index (χ3n) is 1.96. The Labute approximate surface area is 88.2 Å². The van der Waals surface area contributed by atoms with Crippen molar-refractivity contribution in [2.24, 2.45) is 0 Å². The number of aromatic hydroxyl groups is 1. The molecule has 0 amide bonds. The minimum absolute atomic E-state index is 0.0242. The van der Waals surface area contributed by atoms with E-state index in [4.69, 9.17) is 5.11 Å². The molecule has 4 nitrogen and oxygen atoms in total. The topological polar surface area (TPSA) is 66.0 Å². The second-order valence-electron chi connectivity index (χ2n) is 3.06. The van der Waals surface area contributed by atoms with E-state index < -0.39 is 23.1 Å². The molecule has 0 bridgehead atoms. The third kappa shape index (κ3) is 1.77. The fourth-order valence-electron chi connectivity index (χ4n) is 1.19. The minimum atomic E-state index is -1.34. The van der Waals surface area contributed by atoms with Crippen LogP contribution < -0.4 is 5.56 Å². The van der Waals surface area contributed by atoms with Gasteiger partial charge in [-0.15, -0.1) is 0 Å². The van der Waals surface area contributed by atoms with Gasteiger partial charge >= 0.3 is 0 Å². The van der Waals surface area contributed by atoms with E-state index in [0.717, 1.165) is 12.1 Å². The van der Waals surface area contributed by atoms with E-state index >= 15 is 0 Å². The number of rotatable bonds is 1. The highest BCUT2D eigenvalue weighted by atomic mass is 19.1. The second-order valence-corrected chi connectivity index (χ2v) is 3.06. The second kappa shape index (κ2) is 3.73. The van der Waals surface area contributed by atoms with E-state index in [1.807, 2.05) is 0 Å². The Morgan fingerprint density at radius 2 is 1.81 bits per heavy atom. The Balaban J connectivity index is 2.57. The lowest BCUT2D eigenvalue weighted by atomic mass is 10.2. The molecule has 2 aromatic rings. The van der Waals surface area contributed by atoms with Crippen LogP contribution in [0.25, 0.3) is 11.4 Å².